The molecule has 3 fully saturated rings. The number of aromatic nitrogens is 1. The van der Waals surface area contributed by atoms with Gasteiger partial charge in [0.05, 0.1) is 12.7 Å². The fourth-order valence-electron chi connectivity index (χ4n) is 4.45. The Labute approximate surface area is 150 Å². The minimum Gasteiger partial charge on any atom is -0.376 e. The van der Waals surface area contributed by atoms with Crippen molar-refractivity contribution < 1.29 is 13.2 Å². The summed E-state index contributed by atoms with van der Waals surface area (Å²) in [5.41, 5.74) is 0.167. The third-order valence-corrected chi connectivity index (χ3v) is 7.79. The monoisotopic (exact) mass is 365 g/mol. The molecule has 0 aromatic carbocycles. The minimum atomic E-state index is -3.47. The van der Waals surface area contributed by atoms with Gasteiger partial charge in [0, 0.05) is 25.8 Å². The Morgan fingerprint density at radius 2 is 1.92 bits per heavy atom. The van der Waals surface area contributed by atoms with Crippen molar-refractivity contribution >= 4 is 10.0 Å². The van der Waals surface area contributed by atoms with E-state index in [4.69, 9.17) is 4.74 Å². The summed E-state index contributed by atoms with van der Waals surface area (Å²) in [4.78, 5) is 6.53. The first-order valence-electron chi connectivity index (χ1n) is 9.33. The fraction of sp³-hybridized carbons (Fsp3) is 0.722. The molecule has 4 rings (SSSR count). The summed E-state index contributed by atoms with van der Waals surface area (Å²) in [6.45, 7) is 5.35. The lowest BCUT2D eigenvalue weighted by Gasteiger charge is -2.37. The number of pyridine rings is 1. The number of piperidine rings is 1. The summed E-state index contributed by atoms with van der Waals surface area (Å²) < 4.78 is 33.1. The van der Waals surface area contributed by atoms with Crippen LogP contribution in [0.4, 0.5) is 0 Å². The maximum atomic E-state index is 12.7. The van der Waals surface area contributed by atoms with Crippen LogP contribution in [0.25, 0.3) is 0 Å². The Morgan fingerprint density at radius 1 is 1.16 bits per heavy atom. The van der Waals surface area contributed by atoms with Crippen molar-refractivity contribution in [2.75, 3.05) is 39.3 Å². The van der Waals surface area contributed by atoms with Crippen molar-refractivity contribution in [2.45, 2.75) is 43.2 Å². The first-order chi connectivity index (χ1) is 12.1. The largest absolute Gasteiger partial charge is 0.376 e. The molecule has 4 heterocycles. The highest BCUT2D eigenvalue weighted by Crippen LogP contribution is 2.43. The number of sulfonamides is 1. The van der Waals surface area contributed by atoms with Gasteiger partial charge in [0.25, 0.3) is 10.0 Å². The number of hydrogen-bond donors (Lipinski definition) is 0. The first kappa shape index (κ1) is 17.4. The van der Waals surface area contributed by atoms with Crippen LogP contribution in [-0.2, 0) is 14.8 Å². The van der Waals surface area contributed by atoms with Gasteiger partial charge in [-0.1, -0.05) is 6.07 Å². The third-order valence-electron chi connectivity index (χ3n) is 5.97. The van der Waals surface area contributed by atoms with Crippen molar-refractivity contribution in [1.82, 2.24) is 14.2 Å². The number of likely N-dealkylation sites (tertiary alicyclic amines) is 1. The summed E-state index contributed by atoms with van der Waals surface area (Å²) in [6.07, 6.45) is 7.30. The molecule has 0 radical (unpaired) electrons. The highest BCUT2D eigenvalue weighted by Gasteiger charge is 2.44. The molecule has 0 amide bonds. The second-order valence-electron chi connectivity index (χ2n) is 7.72. The second kappa shape index (κ2) is 6.95. The molecule has 6 nitrogen and oxygen atoms in total. The summed E-state index contributed by atoms with van der Waals surface area (Å²) in [5, 5.41) is 0.153. The zero-order valence-electron chi connectivity index (χ0n) is 14.6. The topological polar surface area (TPSA) is 62.7 Å². The Balaban J connectivity index is 1.35. The van der Waals surface area contributed by atoms with E-state index in [0.29, 0.717) is 19.2 Å². The number of nitrogens with zero attached hydrogens (tertiary/aromatic N) is 3. The van der Waals surface area contributed by atoms with E-state index in [9.17, 15) is 8.42 Å². The average Bonchev–Trinajstić information content (AvgIpc) is 3.27. The quantitative estimate of drug-likeness (QED) is 0.813. The van der Waals surface area contributed by atoms with E-state index in [1.54, 1.807) is 22.5 Å². The molecule has 0 bridgehead atoms. The van der Waals surface area contributed by atoms with E-state index in [0.717, 1.165) is 32.4 Å². The van der Waals surface area contributed by atoms with E-state index in [1.165, 1.54) is 32.1 Å². The first-order valence-corrected chi connectivity index (χ1v) is 10.8. The fourth-order valence-corrected chi connectivity index (χ4v) is 5.82. The summed E-state index contributed by atoms with van der Waals surface area (Å²) >= 11 is 0. The molecule has 0 saturated carbocycles. The van der Waals surface area contributed by atoms with Crippen LogP contribution in [0.5, 0.6) is 0 Å². The van der Waals surface area contributed by atoms with Crippen LogP contribution in [0.2, 0.25) is 0 Å². The summed E-state index contributed by atoms with van der Waals surface area (Å²) in [7, 11) is -3.47. The molecule has 3 aliphatic heterocycles. The molecule has 1 atom stereocenters. The SMILES string of the molecule is O=S(=O)(c1ccccn1)N1CCC2(CC1)COC(CN1CCCC1)C2. The lowest BCUT2D eigenvalue weighted by molar-refractivity contribution is 0.0627. The van der Waals surface area contributed by atoms with E-state index in [2.05, 4.69) is 9.88 Å². The maximum Gasteiger partial charge on any atom is 0.260 e. The molecule has 1 unspecified atom stereocenters. The lowest BCUT2D eigenvalue weighted by Crippen LogP contribution is -2.43. The van der Waals surface area contributed by atoms with Crippen LogP contribution in [-0.4, -0.2) is 68.0 Å². The molecule has 0 aliphatic carbocycles. The molecular weight excluding hydrogens is 338 g/mol. The van der Waals surface area contributed by atoms with Gasteiger partial charge in [-0.15, -0.1) is 0 Å². The van der Waals surface area contributed by atoms with Gasteiger partial charge >= 0.3 is 0 Å². The minimum absolute atomic E-state index is 0.153. The molecule has 3 saturated heterocycles. The van der Waals surface area contributed by atoms with Crippen molar-refractivity contribution in [3.05, 3.63) is 24.4 Å². The molecule has 3 aliphatic rings. The van der Waals surface area contributed by atoms with Gasteiger partial charge < -0.3 is 9.64 Å². The molecule has 138 valence electrons. The molecular formula is C18H27N3O3S. The van der Waals surface area contributed by atoms with E-state index < -0.39 is 10.0 Å². The normalized spacial score (nSPS) is 27.9. The summed E-state index contributed by atoms with van der Waals surface area (Å²) in [5.74, 6) is 0. The van der Waals surface area contributed by atoms with Crippen LogP contribution >= 0.6 is 0 Å². The van der Waals surface area contributed by atoms with Crippen molar-refractivity contribution in [1.29, 1.82) is 0 Å². The molecule has 1 aromatic heterocycles. The van der Waals surface area contributed by atoms with Crippen LogP contribution < -0.4 is 0 Å². The maximum absolute atomic E-state index is 12.7. The van der Waals surface area contributed by atoms with Crippen LogP contribution in [0.3, 0.4) is 0 Å². The van der Waals surface area contributed by atoms with Gasteiger partial charge in [-0.2, -0.15) is 4.31 Å². The average molecular weight is 365 g/mol. The highest BCUT2D eigenvalue weighted by molar-refractivity contribution is 7.89. The van der Waals surface area contributed by atoms with Crippen molar-refractivity contribution in [3.8, 4) is 0 Å². The van der Waals surface area contributed by atoms with Gasteiger partial charge in [-0.3, -0.25) is 0 Å². The Kier molecular flexibility index (Phi) is 4.83. The van der Waals surface area contributed by atoms with Gasteiger partial charge in [0.1, 0.15) is 0 Å². The zero-order chi connectivity index (χ0) is 17.3. The Bertz CT molecular complexity index is 681. The number of hydrogen-bond acceptors (Lipinski definition) is 5. The van der Waals surface area contributed by atoms with Crippen LogP contribution in [0.15, 0.2) is 29.4 Å². The van der Waals surface area contributed by atoms with Gasteiger partial charge in [0.15, 0.2) is 5.03 Å². The zero-order valence-corrected chi connectivity index (χ0v) is 15.5. The lowest BCUT2D eigenvalue weighted by atomic mass is 9.77. The second-order valence-corrected chi connectivity index (χ2v) is 9.60. The summed E-state index contributed by atoms with van der Waals surface area (Å²) in [6, 6.07) is 5.03. The molecule has 1 spiro atoms. The predicted molar refractivity (Wildman–Crippen MR) is 94.7 cm³/mol. The highest BCUT2D eigenvalue weighted by atomic mass is 32.2. The van der Waals surface area contributed by atoms with E-state index in [1.807, 2.05) is 0 Å². The molecule has 7 heteroatoms. The van der Waals surface area contributed by atoms with Crippen LogP contribution in [0.1, 0.15) is 32.1 Å². The number of rotatable bonds is 4. The smallest absolute Gasteiger partial charge is 0.260 e. The van der Waals surface area contributed by atoms with Gasteiger partial charge in [0.2, 0.25) is 0 Å². The van der Waals surface area contributed by atoms with Gasteiger partial charge in [-0.05, 0) is 62.7 Å². The molecule has 25 heavy (non-hydrogen) atoms. The number of ether oxygens (including phenoxy) is 1. The van der Waals surface area contributed by atoms with Crippen molar-refractivity contribution in [3.63, 3.8) is 0 Å². The third kappa shape index (κ3) is 3.60. The molecule has 1 aromatic rings. The van der Waals surface area contributed by atoms with E-state index in [-0.39, 0.29) is 10.4 Å². The van der Waals surface area contributed by atoms with Gasteiger partial charge in [-0.25, -0.2) is 13.4 Å². The predicted octanol–water partition coefficient (Wildman–Crippen LogP) is 1.74. The molecule has 0 N–H and O–H groups in total. The van der Waals surface area contributed by atoms with E-state index >= 15 is 0 Å². The standard InChI is InChI=1S/C18H27N3O3S/c22-25(23,17-5-1-2-8-19-17)21-11-6-18(7-12-21)13-16(24-15-18)14-20-9-3-4-10-20/h1-2,5,8,16H,3-4,6-7,9-15H2. The van der Waals surface area contributed by atoms with Crippen LogP contribution in [0, 0.1) is 5.41 Å². The Hall–Kier alpha value is -1.02. The van der Waals surface area contributed by atoms with Crippen molar-refractivity contribution in [2.24, 2.45) is 5.41 Å². The Morgan fingerprint density at radius 3 is 2.60 bits per heavy atom.